The van der Waals surface area contributed by atoms with Gasteiger partial charge in [0, 0.05) is 22.8 Å². The Morgan fingerprint density at radius 2 is 2.17 bits per heavy atom. The van der Waals surface area contributed by atoms with Crippen molar-refractivity contribution in [3.8, 4) is 17.0 Å². The van der Waals surface area contributed by atoms with Gasteiger partial charge in [-0.05, 0) is 23.6 Å². The lowest BCUT2D eigenvalue weighted by atomic mass is 9.99. The van der Waals surface area contributed by atoms with E-state index in [0.717, 1.165) is 26.8 Å². The second-order valence-corrected chi connectivity index (χ2v) is 6.79. The van der Waals surface area contributed by atoms with E-state index in [4.69, 9.17) is 9.84 Å². The Balaban J connectivity index is 2.04. The number of thiazole rings is 1. The molecule has 3 rings (SSSR count). The van der Waals surface area contributed by atoms with Crippen LogP contribution in [0.4, 0.5) is 0 Å². The molecule has 0 unspecified atom stereocenters. The number of fused-ring (bicyclic) bond motifs is 1. The number of carbonyl (C=O) groups is 1. The van der Waals surface area contributed by atoms with Crippen molar-refractivity contribution >= 4 is 22.3 Å². The van der Waals surface area contributed by atoms with Gasteiger partial charge in [-0.2, -0.15) is 0 Å². The molecular formula is C17H18N2O3S. The summed E-state index contributed by atoms with van der Waals surface area (Å²) in [4.78, 5) is 17.0. The van der Waals surface area contributed by atoms with E-state index in [9.17, 15) is 4.79 Å². The molecule has 0 saturated heterocycles. The lowest BCUT2D eigenvalue weighted by Crippen LogP contribution is -1.97. The van der Waals surface area contributed by atoms with E-state index in [-0.39, 0.29) is 6.42 Å². The van der Waals surface area contributed by atoms with E-state index < -0.39 is 5.97 Å². The van der Waals surface area contributed by atoms with Crippen LogP contribution < -0.4 is 4.74 Å². The first-order chi connectivity index (χ1) is 11.0. The van der Waals surface area contributed by atoms with Gasteiger partial charge in [-0.1, -0.05) is 19.9 Å². The summed E-state index contributed by atoms with van der Waals surface area (Å²) >= 11 is 1.40. The Hall–Kier alpha value is -2.34. The molecule has 1 N–H and O–H groups in total. The molecule has 0 aliphatic heterocycles. The smallest absolute Gasteiger partial charge is 0.308 e. The third-order valence-electron chi connectivity index (χ3n) is 3.70. The summed E-state index contributed by atoms with van der Waals surface area (Å²) in [7, 11) is 1.65. The first kappa shape index (κ1) is 15.6. The topological polar surface area (TPSA) is 63.8 Å². The second kappa shape index (κ2) is 6.04. The third-order valence-corrected chi connectivity index (χ3v) is 4.69. The van der Waals surface area contributed by atoms with E-state index in [2.05, 4.69) is 31.0 Å². The minimum Gasteiger partial charge on any atom is -0.496 e. The number of aromatic nitrogens is 2. The Morgan fingerprint density at radius 1 is 1.39 bits per heavy atom. The normalized spacial score (nSPS) is 11.3. The van der Waals surface area contributed by atoms with Crippen LogP contribution in [0, 0.1) is 0 Å². The Morgan fingerprint density at radius 3 is 2.78 bits per heavy atom. The highest BCUT2D eigenvalue weighted by Crippen LogP contribution is 2.33. The van der Waals surface area contributed by atoms with Gasteiger partial charge in [0.1, 0.15) is 5.75 Å². The molecular weight excluding hydrogens is 312 g/mol. The Labute approximate surface area is 138 Å². The molecule has 5 nitrogen and oxygen atoms in total. The minimum atomic E-state index is -0.832. The largest absolute Gasteiger partial charge is 0.496 e. The number of imidazole rings is 1. The lowest BCUT2D eigenvalue weighted by molar-refractivity contribution is -0.136. The number of aliphatic carboxylic acids is 1. The van der Waals surface area contributed by atoms with Crippen LogP contribution in [0.3, 0.4) is 0 Å². The fourth-order valence-corrected chi connectivity index (χ4v) is 3.44. The van der Waals surface area contributed by atoms with Crippen molar-refractivity contribution in [1.29, 1.82) is 0 Å². The second-order valence-electron chi connectivity index (χ2n) is 5.70. The molecule has 6 heteroatoms. The predicted octanol–water partition coefficient (Wildman–Crippen LogP) is 3.82. The molecule has 3 aromatic rings. The zero-order valence-electron chi connectivity index (χ0n) is 13.2. The van der Waals surface area contributed by atoms with Gasteiger partial charge < -0.3 is 9.84 Å². The molecule has 0 atom stereocenters. The van der Waals surface area contributed by atoms with Crippen molar-refractivity contribution in [2.45, 2.75) is 26.2 Å². The highest BCUT2D eigenvalue weighted by molar-refractivity contribution is 7.17. The van der Waals surface area contributed by atoms with Crippen molar-refractivity contribution in [2.24, 2.45) is 0 Å². The molecule has 0 aliphatic carbocycles. The van der Waals surface area contributed by atoms with Gasteiger partial charge in [0.25, 0.3) is 0 Å². The molecule has 0 fully saturated rings. The maximum Gasteiger partial charge on any atom is 0.308 e. The molecule has 1 aromatic carbocycles. The summed E-state index contributed by atoms with van der Waals surface area (Å²) in [6, 6.07) is 6.14. The van der Waals surface area contributed by atoms with Gasteiger partial charge in [0.2, 0.25) is 0 Å². The molecule has 0 bridgehead atoms. The average Bonchev–Trinajstić information content (AvgIpc) is 3.03. The minimum absolute atomic E-state index is 0.0233. The molecule has 0 radical (unpaired) electrons. The quantitative estimate of drug-likeness (QED) is 0.772. The number of carboxylic acids is 1. The number of carboxylic acid groups (broad SMARTS) is 1. The highest BCUT2D eigenvalue weighted by atomic mass is 32.1. The summed E-state index contributed by atoms with van der Waals surface area (Å²) in [6.45, 7) is 4.30. The van der Waals surface area contributed by atoms with E-state index in [0.29, 0.717) is 5.92 Å². The predicted molar refractivity (Wildman–Crippen MR) is 90.5 cm³/mol. The third kappa shape index (κ3) is 3.07. The monoisotopic (exact) mass is 330 g/mol. The first-order valence-corrected chi connectivity index (χ1v) is 8.17. The average molecular weight is 330 g/mol. The standard InChI is InChI=1S/C17H18N2O3S/c1-10(2)11-4-5-15(22-3)13(6-11)14-9-19-8-12(7-16(20)21)23-17(19)18-14/h4-6,8-10H,7H2,1-3H3,(H,20,21). The van der Waals surface area contributed by atoms with Gasteiger partial charge in [-0.25, -0.2) is 4.98 Å². The van der Waals surface area contributed by atoms with Crippen molar-refractivity contribution < 1.29 is 14.6 Å². The number of benzene rings is 1. The fraction of sp³-hybridized carbons (Fsp3) is 0.294. The summed E-state index contributed by atoms with van der Waals surface area (Å²) < 4.78 is 7.33. The summed E-state index contributed by atoms with van der Waals surface area (Å²) in [5, 5.41) is 8.87. The van der Waals surface area contributed by atoms with Gasteiger partial charge in [-0.3, -0.25) is 9.20 Å². The number of methoxy groups -OCH3 is 1. The van der Waals surface area contributed by atoms with Gasteiger partial charge >= 0.3 is 5.97 Å². The molecule has 23 heavy (non-hydrogen) atoms. The molecule has 0 amide bonds. The zero-order valence-corrected chi connectivity index (χ0v) is 14.1. The maximum atomic E-state index is 10.8. The van der Waals surface area contributed by atoms with Crippen LogP contribution >= 0.6 is 11.3 Å². The van der Waals surface area contributed by atoms with Crippen LogP contribution in [-0.4, -0.2) is 27.6 Å². The molecule has 0 spiro atoms. The first-order valence-electron chi connectivity index (χ1n) is 7.35. The maximum absolute atomic E-state index is 10.8. The Kier molecular flexibility index (Phi) is 4.09. The summed E-state index contributed by atoms with van der Waals surface area (Å²) in [5.74, 6) is 0.373. The Bertz CT molecular complexity index is 832. The molecule has 2 heterocycles. The van der Waals surface area contributed by atoms with Gasteiger partial charge in [0.05, 0.1) is 19.2 Å². The molecule has 120 valence electrons. The zero-order chi connectivity index (χ0) is 16.6. The molecule has 0 aliphatic rings. The van der Waals surface area contributed by atoms with Crippen LogP contribution in [0.25, 0.3) is 16.2 Å². The van der Waals surface area contributed by atoms with Crippen molar-refractivity contribution in [3.05, 3.63) is 41.0 Å². The SMILES string of the molecule is COc1ccc(C(C)C)cc1-c1cn2cc(CC(=O)O)sc2n1. The number of hydrogen-bond acceptors (Lipinski definition) is 4. The van der Waals surface area contributed by atoms with Crippen LogP contribution in [0.1, 0.15) is 30.2 Å². The lowest BCUT2D eigenvalue weighted by Gasteiger charge is -2.11. The van der Waals surface area contributed by atoms with E-state index in [1.807, 2.05) is 22.9 Å². The number of rotatable bonds is 5. The van der Waals surface area contributed by atoms with Crippen molar-refractivity contribution in [2.75, 3.05) is 7.11 Å². The van der Waals surface area contributed by atoms with Gasteiger partial charge in [0.15, 0.2) is 4.96 Å². The van der Waals surface area contributed by atoms with Crippen molar-refractivity contribution in [1.82, 2.24) is 9.38 Å². The van der Waals surface area contributed by atoms with Crippen LogP contribution in [0.5, 0.6) is 5.75 Å². The van der Waals surface area contributed by atoms with E-state index >= 15 is 0 Å². The number of nitrogens with zero attached hydrogens (tertiary/aromatic N) is 2. The highest BCUT2D eigenvalue weighted by Gasteiger charge is 2.14. The summed E-state index contributed by atoms with van der Waals surface area (Å²) in [6.07, 6.45) is 3.76. The van der Waals surface area contributed by atoms with Gasteiger partial charge in [-0.15, -0.1) is 11.3 Å². The van der Waals surface area contributed by atoms with Crippen LogP contribution in [-0.2, 0) is 11.2 Å². The summed E-state index contributed by atoms with van der Waals surface area (Å²) in [5.41, 5.74) is 3.01. The van der Waals surface area contributed by atoms with Crippen LogP contribution in [0.15, 0.2) is 30.6 Å². The van der Waals surface area contributed by atoms with Crippen molar-refractivity contribution in [3.63, 3.8) is 0 Å². The fourth-order valence-electron chi connectivity index (χ4n) is 2.49. The van der Waals surface area contributed by atoms with E-state index in [1.165, 1.54) is 16.9 Å². The van der Waals surface area contributed by atoms with Crippen LogP contribution in [0.2, 0.25) is 0 Å². The molecule has 2 aromatic heterocycles. The van der Waals surface area contributed by atoms with E-state index in [1.54, 1.807) is 7.11 Å². The molecule has 0 saturated carbocycles. The number of hydrogen-bond donors (Lipinski definition) is 1. The number of ether oxygens (including phenoxy) is 1.